The lowest BCUT2D eigenvalue weighted by atomic mass is 9.80. The van der Waals surface area contributed by atoms with E-state index in [0.717, 1.165) is 62.9 Å². The van der Waals surface area contributed by atoms with Gasteiger partial charge in [0.25, 0.3) is 5.91 Å². The van der Waals surface area contributed by atoms with Crippen molar-refractivity contribution >= 4 is 28.5 Å². The van der Waals surface area contributed by atoms with Gasteiger partial charge in [-0.1, -0.05) is 39.8 Å². The van der Waals surface area contributed by atoms with Crippen molar-refractivity contribution in [1.29, 1.82) is 0 Å². The summed E-state index contributed by atoms with van der Waals surface area (Å²) in [6.07, 6.45) is 4.70. The van der Waals surface area contributed by atoms with Crippen LogP contribution in [-0.2, 0) is 38.5 Å². The number of pyridine rings is 1. The molecule has 302 valence electrons. The van der Waals surface area contributed by atoms with Crippen LogP contribution in [0.25, 0.3) is 33.3 Å². The number of benzene rings is 2. The molecule has 0 bridgehead atoms. The normalized spacial score (nSPS) is 15.3. The number of nitrogens with one attached hydrogen (secondary N) is 2. The molecule has 1 saturated heterocycles. The number of phenolic OH excluding ortho intramolecular Hbond substituents is 1. The number of aryl methyl sites for hydroxylation is 1. The van der Waals surface area contributed by atoms with Crippen LogP contribution < -0.4 is 10.7 Å². The summed E-state index contributed by atoms with van der Waals surface area (Å²) in [4.78, 5) is 46.8. The maximum atomic E-state index is 14.0. The highest BCUT2D eigenvalue weighted by atomic mass is 16.5. The quantitative estimate of drug-likeness (QED) is 0.110. The Balaban J connectivity index is 1.63. The number of hydrazine groups is 1. The Kier molecular flexibility index (Phi) is 13.8. The van der Waals surface area contributed by atoms with Crippen molar-refractivity contribution in [3.8, 4) is 28.1 Å². The minimum atomic E-state index is -0.842. The van der Waals surface area contributed by atoms with Crippen LogP contribution in [0.5, 0.6) is 5.75 Å². The summed E-state index contributed by atoms with van der Waals surface area (Å²) in [6.45, 7) is 16.0. The zero-order valence-electron chi connectivity index (χ0n) is 35.0. The second-order valence-electron chi connectivity index (χ2n) is 16.7. The van der Waals surface area contributed by atoms with E-state index in [1.807, 2.05) is 51.9 Å². The van der Waals surface area contributed by atoms with Crippen molar-refractivity contribution in [3.05, 3.63) is 71.5 Å². The van der Waals surface area contributed by atoms with E-state index < -0.39 is 12.1 Å². The third-order valence-corrected chi connectivity index (χ3v) is 10.9. The Morgan fingerprint density at radius 1 is 1.05 bits per heavy atom. The lowest BCUT2D eigenvalue weighted by Gasteiger charge is -2.33. The van der Waals surface area contributed by atoms with Gasteiger partial charge in [-0.05, 0) is 124 Å². The van der Waals surface area contributed by atoms with Crippen LogP contribution in [-0.4, -0.2) is 88.5 Å². The number of hydrogen-bond acceptors (Lipinski definition) is 8. The van der Waals surface area contributed by atoms with E-state index in [4.69, 9.17) is 9.72 Å². The number of aromatic hydroxyl groups is 1. The molecule has 3 unspecified atom stereocenters. The van der Waals surface area contributed by atoms with Gasteiger partial charge in [0, 0.05) is 62.2 Å². The summed E-state index contributed by atoms with van der Waals surface area (Å²) < 4.78 is 8.10. The van der Waals surface area contributed by atoms with Crippen molar-refractivity contribution in [3.63, 3.8) is 0 Å². The summed E-state index contributed by atoms with van der Waals surface area (Å²) in [5.74, 6) is -0.161. The Labute approximate surface area is 332 Å². The van der Waals surface area contributed by atoms with Gasteiger partial charge in [-0.3, -0.25) is 24.5 Å². The number of nitrogens with zero attached hydrogens (tertiary/aromatic N) is 4. The third kappa shape index (κ3) is 9.68. The molecule has 5 rings (SSSR count). The molecular weight excluding hydrogens is 705 g/mol. The highest BCUT2D eigenvalue weighted by Gasteiger charge is 2.33. The maximum absolute atomic E-state index is 14.0. The second kappa shape index (κ2) is 18.1. The molecule has 1 aliphatic rings. The molecule has 3 heterocycles. The first-order valence-electron chi connectivity index (χ1n) is 20.0. The zero-order valence-corrected chi connectivity index (χ0v) is 35.0. The second-order valence-corrected chi connectivity index (χ2v) is 16.7. The first-order chi connectivity index (χ1) is 26.5. The standard InChI is InChI=1S/C45H62N6O5/c1-11-50-39-17-16-32(25-36(39)37(27-45(6,7)26-29(4)52)42(50)35-15-14-18-46-40(35)30(5)56-10)33-21-31(22-34(53)24-33)23-38(44(55)51-20-13-12-19-47-51)48-43(54)41(28(2)3)49(8)9/h14-18,21-22,24-25,28,30,38,41,47,53H,11-13,19-20,23,26-27H2,1-10H3,(H,48,54). The van der Waals surface area contributed by atoms with Crippen LogP contribution in [0, 0.1) is 11.3 Å². The smallest absolute Gasteiger partial charge is 0.259 e. The van der Waals surface area contributed by atoms with E-state index in [1.165, 1.54) is 0 Å². The summed E-state index contributed by atoms with van der Waals surface area (Å²) in [5, 5.41) is 16.9. The molecule has 0 radical (unpaired) electrons. The van der Waals surface area contributed by atoms with Crippen molar-refractivity contribution in [2.75, 3.05) is 34.3 Å². The topological polar surface area (TPSA) is 129 Å². The highest BCUT2D eigenvalue weighted by Crippen LogP contribution is 2.42. The van der Waals surface area contributed by atoms with Gasteiger partial charge < -0.3 is 24.5 Å². The van der Waals surface area contributed by atoms with Gasteiger partial charge in [0.05, 0.1) is 23.5 Å². The number of amides is 2. The molecule has 56 heavy (non-hydrogen) atoms. The van der Waals surface area contributed by atoms with Gasteiger partial charge in [0.1, 0.15) is 17.6 Å². The largest absolute Gasteiger partial charge is 0.508 e. The number of hydrogen-bond donors (Lipinski definition) is 3. The summed E-state index contributed by atoms with van der Waals surface area (Å²) in [5.41, 5.74) is 10.4. The number of carbonyl (C=O) groups is 3. The highest BCUT2D eigenvalue weighted by molar-refractivity contribution is 5.95. The van der Waals surface area contributed by atoms with Crippen LogP contribution >= 0.6 is 0 Å². The van der Waals surface area contributed by atoms with Crippen LogP contribution in [0.3, 0.4) is 0 Å². The van der Waals surface area contributed by atoms with E-state index in [2.05, 4.69) is 60.3 Å². The lowest BCUT2D eigenvalue weighted by Crippen LogP contribution is -2.58. The Morgan fingerprint density at radius 2 is 1.80 bits per heavy atom. The molecule has 11 heteroatoms. The number of fused-ring (bicyclic) bond motifs is 1. The van der Waals surface area contributed by atoms with Gasteiger partial charge >= 0.3 is 0 Å². The number of likely N-dealkylation sites (N-methyl/N-ethyl adjacent to an activating group) is 1. The van der Waals surface area contributed by atoms with Crippen LogP contribution in [0.15, 0.2) is 54.7 Å². The molecule has 4 aromatic rings. The monoisotopic (exact) mass is 766 g/mol. The number of ketones is 1. The van der Waals surface area contributed by atoms with Gasteiger partial charge in [0.15, 0.2) is 0 Å². The van der Waals surface area contributed by atoms with Gasteiger partial charge in [-0.15, -0.1) is 0 Å². The number of phenols is 1. The van der Waals surface area contributed by atoms with E-state index in [9.17, 15) is 19.5 Å². The summed E-state index contributed by atoms with van der Waals surface area (Å²) in [7, 11) is 5.43. The minimum Gasteiger partial charge on any atom is -0.508 e. The van der Waals surface area contributed by atoms with E-state index in [-0.39, 0.29) is 47.2 Å². The van der Waals surface area contributed by atoms with E-state index in [1.54, 1.807) is 37.4 Å². The Bertz CT molecular complexity index is 2020. The number of rotatable bonds is 16. The molecule has 0 spiro atoms. The molecule has 0 aliphatic carbocycles. The molecule has 3 atom stereocenters. The van der Waals surface area contributed by atoms with Crippen LogP contribution in [0.2, 0.25) is 0 Å². The zero-order chi connectivity index (χ0) is 40.9. The van der Waals surface area contributed by atoms with Gasteiger partial charge in [0.2, 0.25) is 5.91 Å². The molecular formula is C45H62N6O5. The fourth-order valence-electron chi connectivity index (χ4n) is 8.54. The van der Waals surface area contributed by atoms with Crippen molar-refractivity contribution in [2.24, 2.45) is 11.3 Å². The Hall–Kier alpha value is -4.58. The molecule has 3 N–H and O–H groups in total. The fourth-order valence-corrected chi connectivity index (χ4v) is 8.54. The fraction of sp³-hybridized carbons (Fsp3) is 0.511. The SMILES string of the molecule is CCn1c(-c2cccnc2C(C)OC)c(CC(C)(C)CC(C)=O)c2cc(-c3cc(O)cc(CC(NC(=O)C(C(C)C)N(C)C)C(=O)N4CCCCN4)c3)ccc21. The number of ether oxygens (including phenoxy) is 1. The van der Waals surface area contributed by atoms with Gasteiger partial charge in [-0.2, -0.15) is 0 Å². The average molecular weight is 767 g/mol. The molecule has 1 fully saturated rings. The maximum Gasteiger partial charge on any atom is 0.259 e. The number of carbonyl (C=O) groups excluding carboxylic acids is 3. The molecule has 2 amide bonds. The molecule has 2 aromatic heterocycles. The first-order valence-corrected chi connectivity index (χ1v) is 20.0. The molecule has 1 aliphatic heterocycles. The van der Waals surface area contributed by atoms with Crippen LogP contribution in [0.4, 0.5) is 0 Å². The lowest BCUT2D eigenvalue weighted by molar-refractivity contribution is -0.141. The van der Waals surface area contributed by atoms with Crippen molar-refractivity contribution < 1.29 is 24.2 Å². The van der Waals surface area contributed by atoms with Gasteiger partial charge in [-0.25, -0.2) is 5.43 Å². The molecule has 0 saturated carbocycles. The number of methoxy groups -OCH3 is 1. The van der Waals surface area contributed by atoms with Crippen LogP contribution in [0.1, 0.15) is 90.7 Å². The van der Waals surface area contributed by atoms with Crippen molar-refractivity contribution in [2.45, 2.75) is 105 Å². The first kappa shape index (κ1) is 42.6. The van der Waals surface area contributed by atoms with Crippen molar-refractivity contribution in [1.82, 2.24) is 30.2 Å². The third-order valence-electron chi connectivity index (χ3n) is 10.9. The predicted octanol–water partition coefficient (Wildman–Crippen LogP) is 7.09. The molecule has 2 aromatic carbocycles. The number of aromatic nitrogens is 2. The Morgan fingerprint density at radius 3 is 2.43 bits per heavy atom. The predicted molar refractivity (Wildman–Crippen MR) is 223 cm³/mol. The summed E-state index contributed by atoms with van der Waals surface area (Å²) >= 11 is 0. The summed E-state index contributed by atoms with van der Waals surface area (Å²) in [6, 6.07) is 14.6. The van der Waals surface area contributed by atoms with E-state index >= 15 is 0 Å². The average Bonchev–Trinajstić information content (AvgIpc) is 3.44. The van der Waals surface area contributed by atoms with E-state index in [0.29, 0.717) is 32.5 Å². The number of Topliss-reactive ketones (excluding diaryl/α,β-unsaturated/α-hetero) is 1. The minimum absolute atomic E-state index is 0.0327. The molecule has 11 nitrogen and oxygen atoms in total.